The highest BCUT2D eigenvalue weighted by atomic mass is 19.1. The summed E-state index contributed by atoms with van der Waals surface area (Å²) in [5.74, 6) is -0.0936. The highest BCUT2D eigenvalue weighted by Crippen LogP contribution is 2.67. The van der Waals surface area contributed by atoms with Crippen molar-refractivity contribution in [3.05, 3.63) is 82.7 Å². The lowest BCUT2D eigenvalue weighted by atomic mass is 9.45. The summed E-state index contributed by atoms with van der Waals surface area (Å²) in [7, 11) is 0. The molecular formula is C35H38FN5O3. The maximum atomic E-state index is 13.8. The molecule has 4 N–H and O–H groups in total. The van der Waals surface area contributed by atoms with Crippen molar-refractivity contribution in [3.63, 3.8) is 0 Å². The smallest absolute Gasteiger partial charge is 0.259 e. The zero-order chi connectivity index (χ0) is 30.4. The van der Waals surface area contributed by atoms with E-state index in [1.54, 1.807) is 12.1 Å². The van der Waals surface area contributed by atoms with Gasteiger partial charge in [-0.1, -0.05) is 37.6 Å². The van der Waals surface area contributed by atoms with Gasteiger partial charge in [-0.25, -0.2) is 14.1 Å². The first-order valence-corrected chi connectivity index (χ1v) is 15.8. The monoisotopic (exact) mass is 595 g/mol. The first kappa shape index (κ1) is 27.7. The SMILES string of the molecule is CC12Cc3cnn(-c4ccc(F)cc4)c3C=C1CCC1C2C(O)CC2(C)C1CCC2(O)C(=O)Nc1nc2c([nH]1)CC=CC=C2. The number of hydrogen-bond donors (Lipinski definition) is 4. The van der Waals surface area contributed by atoms with Gasteiger partial charge in [0.05, 0.1) is 29.4 Å². The Hall–Kier alpha value is -3.82. The van der Waals surface area contributed by atoms with E-state index in [4.69, 9.17) is 0 Å². The Morgan fingerprint density at radius 1 is 1.18 bits per heavy atom. The lowest BCUT2D eigenvalue weighted by Gasteiger charge is -2.60. The van der Waals surface area contributed by atoms with Gasteiger partial charge >= 0.3 is 0 Å². The van der Waals surface area contributed by atoms with E-state index in [0.29, 0.717) is 25.2 Å². The van der Waals surface area contributed by atoms with E-state index in [1.165, 1.54) is 17.7 Å². The van der Waals surface area contributed by atoms with Crippen LogP contribution in [0.2, 0.25) is 0 Å². The summed E-state index contributed by atoms with van der Waals surface area (Å²) in [6.07, 6.45) is 16.0. The fourth-order valence-corrected chi connectivity index (χ4v) is 9.75. The van der Waals surface area contributed by atoms with Crippen LogP contribution in [-0.4, -0.2) is 47.6 Å². The maximum Gasteiger partial charge on any atom is 0.259 e. The molecule has 8 rings (SSSR count). The van der Waals surface area contributed by atoms with Gasteiger partial charge in [0.15, 0.2) is 0 Å². The molecule has 2 aromatic heterocycles. The molecule has 3 saturated carbocycles. The van der Waals surface area contributed by atoms with Crippen LogP contribution in [0.3, 0.4) is 0 Å². The third kappa shape index (κ3) is 3.84. The van der Waals surface area contributed by atoms with Crippen LogP contribution in [0.15, 0.2) is 54.3 Å². The number of aromatic amines is 1. The van der Waals surface area contributed by atoms with Crippen molar-refractivity contribution >= 4 is 24.0 Å². The average molecular weight is 596 g/mol. The van der Waals surface area contributed by atoms with Crippen LogP contribution in [0, 0.1) is 34.4 Å². The number of carbonyl (C=O) groups excluding carboxylic acids is 1. The zero-order valence-corrected chi connectivity index (χ0v) is 25.1. The number of imidazole rings is 1. The van der Waals surface area contributed by atoms with Gasteiger partial charge in [0.25, 0.3) is 5.91 Å². The average Bonchev–Trinajstić information content (AvgIpc) is 3.59. The molecule has 3 fully saturated rings. The summed E-state index contributed by atoms with van der Waals surface area (Å²) >= 11 is 0. The molecule has 1 aromatic carbocycles. The topological polar surface area (TPSA) is 116 Å². The van der Waals surface area contributed by atoms with Gasteiger partial charge in [0, 0.05) is 17.5 Å². The maximum absolute atomic E-state index is 13.8. The quantitative estimate of drug-likeness (QED) is 0.325. The zero-order valence-electron chi connectivity index (χ0n) is 25.1. The summed E-state index contributed by atoms with van der Waals surface area (Å²) in [6, 6.07) is 6.38. The summed E-state index contributed by atoms with van der Waals surface area (Å²) in [4.78, 5) is 21.6. The van der Waals surface area contributed by atoms with Gasteiger partial charge in [-0.15, -0.1) is 0 Å². The van der Waals surface area contributed by atoms with Crippen LogP contribution in [-0.2, 0) is 17.6 Å². The molecule has 5 aliphatic carbocycles. The number of nitrogens with zero attached hydrogens (tertiary/aromatic N) is 3. The van der Waals surface area contributed by atoms with E-state index in [2.05, 4.69) is 33.4 Å². The van der Waals surface area contributed by atoms with Crippen molar-refractivity contribution < 1.29 is 19.4 Å². The highest BCUT2D eigenvalue weighted by Gasteiger charge is 2.68. The standard InChI is InChI=1S/C35H38FN5O3/c1-33-17-20-19-37-41(23-11-9-22(36)10-12-23)28(20)16-21(33)8-13-24-25-14-15-35(44,34(25,2)18-29(42)30(24)33)31(43)40-32-38-26-6-4-3-5-7-27(26)39-32/h3-6,9-12,16,19,24-25,29-30,42,44H,7-8,13-15,17-18H2,1-2H3,(H2,38,39,40,43). The number of rotatable bonds is 3. The minimum absolute atomic E-state index is 0.00822. The number of anilines is 1. The van der Waals surface area contributed by atoms with Crippen molar-refractivity contribution in [2.45, 2.75) is 70.5 Å². The number of halogens is 1. The lowest BCUT2D eigenvalue weighted by molar-refractivity contribution is -0.177. The van der Waals surface area contributed by atoms with Gasteiger partial charge in [-0.05, 0) is 104 Å². The van der Waals surface area contributed by atoms with Crippen LogP contribution in [0.25, 0.3) is 17.8 Å². The molecule has 0 saturated heterocycles. The molecule has 5 aliphatic rings. The number of H-pyrrole nitrogens is 1. The second-order valence-electron chi connectivity index (χ2n) is 14.0. The van der Waals surface area contributed by atoms with E-state index >= 15 is 0 Å². The molecular weight excluding hydrogens is 557 g/mol. The van der Waals surface area contributed by atoms with E-state index in [0.717, 1.165) is 54.0 Å². The predicted octanol–water partition coefficient (Wildman–Crippen LogP) is 5.38. The molecule has 7 unspecified atom stereocenters. The molecule has 0 spiro atoms. The minimum Gasteiger partial charge on any atom is -0.393 e. The number of fused-ring (bicyclic) bond motifs is 7. The van der Waals surface area contributed by atoms with Crippen molar-refractivity contribution in [1.29, 1.82) is 0 Å². The first-order chi connectivity index (χ1) is 21.1. The Morgan fingerprint density at radius 3 is 2.82 bits per heavy atom. The molecule has 0 aliphatic heterocycles. The number of allylic oxidation sites excluding steroid dienone is 4. The van der Waals surface area contributed by atoms with Crippen LogP contribution >= 0.6 is 0 Å². The molecule has 0 radical (unpaired) electrons. The normalized spacial score (nSPS) is 35.1. The highest BCUT2D eigenvalue weighted by molar-refractivity contribution is 5.97. The third-order valence-corrected chi connectivity index (χ3v) is 11.9. The molecule has 7 atom stereocenters. The summed E-state index contributed by atoms with van der Waals surface area (Å²) in [6.45, 7) is 4.28. The molecule has 228 valence electrons. The van der Waals surface area contributed by atoms with Gasteiger partial charge in [-0.3, -0.25) is 10.1 Å². The number of aromatic nitrogens is 4. The summed E-state index contributed by atoms with van der Waals surface area (Å²) in [5.41, 5.74) is 3.32. The largest absolute Gasteiger partial charge is 0.393 e. The number of hydrogen-bond acceptors (Lipinski definition) is 5. The molecule has 9 heteroatoms. The van der Waals surface area contributed by atoms with E-state index < -0.39 is 23.0 Å². The Balaban J connectivity index is 1.07. The number of aliphatic hydroxyl groups is 2. The summed E-state index contributed by atoms with van der Waals surface area (Å²) in [5, 5.41) is 31.7. The molecule has 2 heterocycles. The van der Waals surface area contributed by atoms with Gasteiger partial charge in [0.1, 0.15) is 11.4 Å². The number of benzene rings is 1. The molecule has 8 nitrogen and oxygen atoms in total. The number of aliphatic hydroxyl groups excluding tert-OH is 1. The first-order valence-electron chi connectivity index (χ1n) is 15.8. The van der Waals surface area contributed by atoms with Crippen molar-refractivity contribution in [3.8, 4) is 5.69 Å². The Morgan fingerprint density at radius 2 is 2.00 bits per heavy atom. The molecule has 0 bridgehead atoms. The van der Waals surface area contributed by atoms with Crippen LogP contribution in [0.5, 0.6) is 0 Å². The Labute approximate surface area is 255 Å². The van der Waals surface area contributed by atoms with Gasteiger partial charge < -0.3 is 15.2 Å². The van der Waals surface area contributed by atoms with Gasteiger partial charge in [-0.2, -0.15) is 5.10 Å². The van der Waals surface area contributed by atoms with Crippen molar-refractivity contribution in [1.82, 2.24) is 19.7 Å². The number of nitrogens with one attached hydrogen (secondary N) is 2. The van der Waals surface area contributed by atoms with E-state index in [1.807, 2.05) is 42.1 Å². The molecule has 44 heavy (non-hydrogen) atoms. The fraction of sp³-hybridized carbons (Fsp3) is 0.457. The Kier molecular flexibility index (Phi) is 6.04. The van der Waals surface area contributed by atoms with Crippen LogP contribution in [0.1, 0.15) is 68.6 Å². The van der Waals surface area contributed by atoms with Crippen molar-refractivity contribution in [2.75, 3.05) is 5.32 Å². The summed E-state index contributed by atoms with van der Waals surface area (Å²) < 4.78 is 15.5. The van der Waals surface area contributed by atoms with Gasteiger partial charge in [0.2, 0.25) is 5.95 Å². The lowest BCUT2D eigenvalue weighted by Crippen LogP contribution is -2.62. The van der Waals surface area contributed by atoms with E-state index in [9.17, 15) is 19.4 Å². The van der Waals surface area contributed by atoms with E-state index in [-0.39, 0.29) is 29.0 Å². The van der Waals surface area contributed by atoms with Crippen LogP contribution in [0.4, 0.5) is 10.3 Å². The minimum atomic E-state index is -1.61. The number of carbonyl (C=O) groups is 1. The van der Waals surface area contributed by atoms with Crippen molar-refractivity contribution in [2.24, 2.45) is 28.6 Å². The molecule has 1 amide bonds. The number of amides is 1. The molecule has 3 aromatic rings. The fourth-order valence-electron chi connectivity index (χ4n) is 9.75. The second kappa shape index (κ2) is 9.59. The predicted molar refractivity (Wildman–Crippen MR) is 165 cm³/mol. The Bertz CT molecular complexity index is 1750. The van der Waals surface area contributed by atoms with Crippen LogP contribution < -0.4 is 5.32 Å². The third-order valence-electron chi connectivity index (χ3n) is 11.9. The second-order valence-corrected chi connectivity index (χ2v) is 14.0.